The molecule has 0 aromatic carbocycles. The summed E-state index contributed by atoms with van der Waals surface area (Å²) < 4.78 is 0. The van der Waals surface area contributed by atoms with Gasteiger partial charge in [0.1, 0.15) is 0 Å². The van der Waals surface area contributed by atoms with Gasteiger partial charge in [-0.25, -0.2) is 9.59 Å². The topological polar surface area (TPSA) is 165 Å². The van der Waals surface area contributed by atoms with Gasteiger partial charge in [-0.3, -0.25) is 9.78 Å². The van der Waals surface area contributed by atoms with E-state index in [2.05, 4.69) is 9.78 Å². The minimum atomic E-state index is -1.69. The summed E-state index contributed by atoms with van der Waals surface area (Å²) in [7, 11) is 0. The van der Waals surface area contributed by atoms with Crippen LogP contribution < -0.4 is 0 Å². The van der Waals surface area contributed by atoms with Crippen LogP contribution in [0.5, 0.6) is 0 Å². The fourth-order valence-electron chi connectivity index (χ4n) is 0. The van der Waals surface area contributed by atoms with Crippen LogP contribution in [-0.4, -0.2) is 38.5 Å². The molecule has 0 aromatic heterocycles. The Balaban J connectivity index is -0.000000107. The largest absolute Gasteiger partial charge is 0.537 e. The van der Waals surface area contributed by atoms with E-state index in [0.717, 1.165) is 0 Å². The molecule has 0 aliphatic heterocycles. The summed E-state index contributed by atoms with van der Waals surface area (Å²) in [4.78, 5) is 23.1. The molecule has 0 fully saturated rings. The zero-order valence-corrected chi connectivity index (χ0v) is 4.92. The summed E-state index contributed by atoms with van der Waals surface area (Å²) >= 11 is 0. The van der Waals surface area contributed by atoms with Crippen LogP contribution in [0.4, 0.5) is 9.59 Å². The molecule has 0 saturated carbocycles. The van der Waals surface area contributed by atoms with Crippen molar-refractivity contribution in [2.24, 2.45) is 0 Å². The highest BCUT2D eigenvalue weighted by atomic mass is 17.1. The third kappa shape index (κ3) is 59.3. The maximum absolute atomic E-state index is 8.90. The van der Waals surface area contributed by atoms with Crippen molar-refractivity contribution in [2.45, 2.75) is 0 Å². The fraction of sp³-hybridized carbons (Fsp3) is 0. The average molecular weight is 174 g/mol. The summed E-state index contributed by atoms with van der Waals surface area (Å²) in [5, 5.41) is 28.6. The SMILES string of the molecule is O.O=C(O)OO.O=C(O)OO. The van der Waals surface area contributed by atoms with E-state index in [1.807, 2.05) is 0 Å². The molecule has 6 N–H and O–H groups in total. The molecule has 0 heterocycles. The second-order valence-electron chi connectivity index (χ2n) is 0.714. The molecule has 0 atom stereocenters. The summed E-state index contributed by atoms with van der Waals surface area (Å²) in [6, 6.07) is 0. The van der Waals surface area contributed by atoms with Gasteiger partial charge in [0.2, 0.25) is 0 Å². The van der Waals surface area contributed by atoms with E-state index >= 15 is 0 Å². The molecule has 0 bridgehead atoms. The van der Waals surface area contributed by atoms with E-state index in [1.54, 1.807) is 0 Å². The number of carbonyl (C=O) groups is 2. The van der Waals surface area contributed by atoms with Crippen LogP contribution in [0, 0.1) is 0 Å². The van der Waals surface area contributed by atoms with Crippen molar-refractivity contribution in [3.8, 4) is 0 Å². The van der Waals surface area contributed by atoms with Gasteiger partial charge in [-0.15, -0.1) is 0 Å². The molecule has 0 aliphatic rings. The Labute approximate surface area is 59.2 Å². The molecule has 0 saturated heterocycles. The lowest BCUT2D eigenvalue weighted by Crippen LogP contribution is -1.91. The predicted octanol–water partition coefficient (Wildman–Crippen LogP) is -0.517. The van der Waals surface area contributed by atoms with Crippen molar-refractivity contribution >= 4 is 12.3 Å². The van der Waals surface area contributed by atoms with Gasteiger partial charge in [-0.1, -0.05) is 0 Å². The summed E-state index contributed by atoms with van der Waals surface area (Å²) in [6.07, 6.45) is -3.38. The first-order valence-electron chi connectivity index (χ1n) is 1.63. The minimum absolute atomic E-state index is 0. The van der Waals surface area contributed by atoms with E-state index in [1.165, 1.54) is 0 Å². The molecule has 0 spiro atoms. The van der Waals surface area contributed by atoms with Crippen LogP contribution in [0.1, 0.15) is 0 Å². The summed E-state index contributed by atoms with van der Waals surface area (Å²) in [5.41, 5.74) is 0. The first-order chi connectivity index (χ1) is 4.54. The zero-order chi connectivity index (χ0) is 8.57. The molecule has 9 heteroatoms. The second kappa shape index (κ2) is 11.2. The highest BCUT2D eigenvalue weighted by Gasteiger charge is 1.85. The van der Waals surface area contributed by atoms with Crippen molar-refractivity contribution in [2.75, 3.05) is 0 Å². The lowest BCUT2D eigenvalue weighted by atomic mass is 11.5. The lowest BCUT2D eigenvalue weighted by molar-refractivity contribution is -0.194. The van der Waals surface area contributed by atoms with Crippen LogP contribution in [0.15, 0.2) is 0 Å². The Morgan fingerprint density at radius 1 is 0.909 bits per heavy atom. The fourth-order valence-corrected chi connectivity index (χ4v) is 0. The van der Waals surface area contributed by atoms with Gasteiger partial charge in [-0.2, -0.15) is 10.5 Å². The van der Waals surface area contributed by atoms with Gasteiger partial charge in [0.05, 0.1) is 0 Å². The first-order valence-corrected chi connectivity index (χ1v) is 1.63. The van der Waals surface area contributed by atoms with E-state index < -0.39 is 12.3 Å². The van der Waals surface area contributed by atoms with Crippen molar-refractivity contribution in [3.63, 3.8) is 0 Å². The number of hydrogen-bond acceptors (Lipinski definition) is 6. The maximum Gasteiger partial charge on any atom is 0.537 e. The van der Waals surface area contributed by atoms with Crippen LogP contribution in [0.3, 0.4) is 0 Å². The third-order valence-electron chi connectivity index (χ3n) is 0.156. The van der Waals surface area contributed by atoms with Crippen LogP contribution >= 0.6 is 0 Å². The number of rotatable bonds is 0. The van der Waals surface area contributed by atoms with E-state index in [4.69, 9.17) is 30.3 Å². The average Bonchev–Trinajstić information content (AvgIpc) is 1.89. The molecule has 0 unspecified atom stereocenters. The zero-order valence-electron chi connectivity index (χ0n) is 4.92. The van der Waals surface area contributed by atoms with Crippen molar-refractivity contribution in [1.29, 1.82) is 0 Å². The lowest BCUT2D eigenvalue weighted by Gasteiger charge is -1.75. The van der Waals surface area contributed by atoms with E-state index in [-0.39, 0.29) is 5.48 Å². The van der Waals surface area contributed by atoms with Gasteiger partial charge in [0.15, 0.2) is 0 Å². The second-order valence-corrected chi connectivity index (χ2v) is 0.714. The van der Waals surface area contributed by atoms with Gasteiger partial charge in [0.25, 0.3) is 0 Å². The Bertz CT molecular complexity index is 92.1. The van der Waals surface area contributed by atoms with Crippen molar-refractivity contribution in [3.05, 3.63) is 0 Å². The third-order valence-corrected chi connectivity index (χ3v) is 0.156. The highest BCUT2D eigenvalue weighted by molar-refractivity contribution is 5.55. The number of hydrogen-bond donors (Lipinski definition) is 4. The standard InChI is InChI=1S/2CH2O4.H2O/c2*2-1(3)5-4;/h2*4H,(H,2,3);1H2. The Kier molecular flexibility index (Phi) is 16.6. The van der Waals surface area contributed by atoms with Gasteiger partial charge < -0.3 is 15.7 Å². The van der Waals surface area contributed by atoms with Gasteiger partial charge in [-0.05, 0) is 0 Å². The molecular formula is C2H6O9. The first kappa shape index (κ1) is 16.2. The smallest absolute Gasteiger partial charge is 0.448 e. The summed E-state index contributed by atoms with van der Waals surface area (Å²) in [6.45, 7) is 0. The molecular weight excluding hydrogens is 168 g/mol. The van der Waals surface area contributed by atoms with Crippen LogP contribution in [0.25, 0.3) is 0 Å². The molecule has 0 aliphatic carbocycles. The quantitative estimate of drug-likeness (QED) is 0.281. The summed E-state index contributed by atoms with van der Waals surface area (Å²) in [5.74, 6) is 0. The monoisotopic (exact) mass is 174 g/mol. The van der Waals surface area contributed by atoms with Gasteiger partial charge >= 0.3 is 12.3 Å². The van der Waals surface area contributed by atoms with E-state index in [0.29, 0.717) is 0 Å². The normalized spacial score (nSPS) is 6.00. The highest BCUT2D eigenvalue weighted by Crippen LogP contribution is 1.60. The van der Waals surface area contributed by atoms with Gasteiger partial charge in [0, 0.05) is 0 Å². The molecule has 0 radical (unpaired) electrons. The predicted molar refractivity (Wildman–Crippen MR) is 27.1 cm³/mol. The molecule has 0 aromatic rings. The molecule has 11 heavy (non-hydrogen) atoms. The molecule has 9 nitrogen and oxygen atoms in total. The minimum Gasteiger partial charge on any atom is -0.448 e. The Morgan fingerprint density at radius 2 is 1.00 bits per heavy atom. The van der Waals surface area contributed by atoms with Crippen LogP contribution in [-0.2, 0) is 9.78 Å². The maximum atomic E-state index is 8.90. The van der Waals surface area contributed by atoms with Crippen molar-refractivity contribution < 1.29 is 45.6 Å². The molecule has 68 valence electrons. The van der Waals surface area contributed by atoms with Crippen LogP contribution in [0.2, 0.25) is 0 Å². The Hall–Kier alpha value is -1.58. The molecule has 0 amide bonds. The molecule has 0 rings (SSSR count). The Morgan fingerprint density at radius 3 is 1.00 bits per heavy atom. The van der Waals surface area contributed by atoms with E-state index in [9.17, 15) is 0 Å². The number of carboxylic acid groups (broad SMARTS) is 2. The van der Waals surface area contributed by atoms with Crippen molar-refractivity contribution in [1.82, 2.24) is 0 Å².